The van der Waals surface area contributed by atoms with E-state index in [1.807, 2.05) is 6.92 Å². The molecular formula is C20H26ClF2NO3. The molecule has 1 aromatic carbocycles. The van der Waals surface area contributed by atoms with E-state index in [1.165, 1.54) is 11.9 Å². The summed E-state index contributed by atoms with van der Waals surface area (Å²) in [7, 11) is 1.44. The maximum absolute atomic E-state index is 14.4. The highest BCUT2D eigenvalue weighted by atomic mass is 35.5. The summed E-state index contributed by atoms with van der Waals surface area (Å²) in [4.78, 5) is 26.9. The summed E-state index contributed by atoms with van der Waals surface area (Å²) in [5.74, 6) is -2.79. The molecule has 150 valence electrons. The van der Waals surface area contributed by atoms with E-state index >= 15 is 0 Å². The van der Waals surface area contributed by atoms with Crippen molar-refractivity contribution in [2.24, 2.45) is 11.8 Å². The van der Waals surface area contributed by atoms with E-state index < -0.39 is 40.7 Å². The molecule has 0 saturated heterocycles. The quantitative estimate of drug-likeness (QED) is 0.593. The molecule has 1 aromatic rings. The maximum atomic E-state index is 14.4. The number of rotatable bonds is 6. The number of Topliss-reactive ketones (excluding diaryl/α,β-unsaturated/α-hetero) is 1. The molecule has 0 radical (unpaired) electrons. The van der Waals surface area contributed by atoms with Crippen LogP contribution >= 0.6 is 11.6 Å². The van der Waals surface area contributed by atoms with Crippen molar-refractivity contribution in [3.63, 3.8) is 0 Å². The van der Waals surface area contributed by atoms with Gasteiger partial charge in [0.1, 0.15) is 23.3 Å². The van der Waals surface area contributed by atoms with Crippen molar-refractivity contribution >= 4 is 23.5 Å². The van der Waals surface area contributed by atoms with Crippen LogP contribution in [0.2, 0.25) is 5.02 Å². The Morgan fingerprint density at radius 2 is 1.78 bits per heavy atom. The third-order valence-electron chi connectivity index (χ3n) is 4.73. The first-order chi connectivity index (χ1) is 12.5. The fourth-order valence-corrected chi connectivity index (χ4v) is 3.56. The Bertz CT molecular complexity index is 705. The highest BCUT2D eigenvalue weighted by Gasteiger charge is 2.44. The Morgan fingerprint density at radius 1 is 1.26 bits per heavy atom. The molecule has 1 aliphatic carbocycles. The second-order valence-corrected chi connectivity index (χ2v) is 8.49. The minimum absolute atomic E-state index is 0.132. The molecule has 27 heavy (non-hydrogen) atoms. The van der Waals surface area contributed by atoms with Gasteiger partial charge in [-0.25, -0.2) is 13.6 Å². The highest BCUT2D eigenvalue weighted by Crippen LogP contribution is 2.42. The van der Waals surface area contributed by atoms with Crippen LogP contribution in [-0.4, -0.2) is 35.5 Å². The molecule has 4 nitrogen and oxygen atoms in total. The van der Waals surface area contributed by atoms with Gasteiger partial charge in [-0.3, -0.25) is 4.79 Å². The van der Waals surface area contributed by atoms with Crippen LogP contribution in [0.5, 0.6) is 0 Å². The number of benzene rings is 1. The van der Waals surface area contributed by atoms with Crippen LogP contribution in [0, 0.1) is 23.5 Å². The first-order valence-corrected chi connectivity index (χ1v) is 9.48. The lowest BCUT2D eigenvalue weighted by Crippen LogP contribution is -2.49. The Balaban J connectivity index is 2.44. The number of nitrogens with zero attached hydrogens (tertiary/aromatic N) is 1. The second kappa shape index (κ2) is 8.13. The summed E-state index contributed by atoms with van der Waals surface area (Å²) in [5, 5.41) is -0.132. The van der Waals surface area contributed by atoms with Crippen molar-refractivity contribution in [1.82, 2.24) is 4.90 Å². The number of likely N-dealkylation sites (N-methyl/N-ethyl adjacent to an activating group) is 1. The summed E-state index contributed by atoms with van der Waals surface area (Å²) in [5.41, 5.74) is -1.42. The van der Waals surface area contributed by atoms with Crippen LogP contribution in [0.1, 0.15) is 57.3 Å². The molecule has 1 amide bonds. The van der Waals surface area contributed by atoms with Gasteiger partial charge >= 0.3 is 6.09 Å². The fraction of sp³-hybridized carbons (Fsp3) is 0.600. The number of ether oxygens (including phenoxy) is 1. The van der Waals surface area contributed by atoms with Crippen LogP contribution in [0.3, 0.4) is 0 Å². The van der Waals surface area contributed by atoms with E-state index in [-0.39, 0.29) is 16.9 Å². The van der Waals surface area contributed by atoms with E-state index in [9.17, 15) is 18.4 Å². The zero-order chi connectivity index (χ0) is 20.5. The van der Waals surface area contributed by atoms with Gasteiger partial charge in [0.05, 0.1) is 5.56 Å². The van der Waals surface area contributed by atoms with Crippen LogP contribution in [0.4, 0.5) is 13.6 Å². The van der Waals surface area contributed by atoms with Crippen molar-refractivity contribution in [3.05, 3.63) is 34.4 Å². The summed E-state index contributed by atoms with van der Waals surface area (Å²) >= 11 is 5.67. The van der Waals surface area contributed by atoms with Crippen LogP contribution < -0.4 is 0 Å². The van der Waals surface area contributed by atoms with E-state index in [4.69, 9.17) is 16.3 Å². The predicted molar refractivity (Wildman–Crippen MR) is 100.0 cm³/mol. The van der Waals surface area contributed by atoms with E-state index in [0.717, 1.165) is 25.0 Å². The van der Waals surface area contributed by atoms with Crippen LogP contribution in [0.25, 0.3) is 0 Å². The average Bonchev–Trinajstić information content (AvgIpc) is 3.33. The molecule has 2 atom stereocenters. The van der Waals surface area contributed by atoms with E-state index in [1.54, 1.807) is 20.8 Å². The summed E-state index contributed by atoms with van der Waals surface area (Å²) in [6, 6.07) is 0.795. The molecule has 0 spiro atoms. The van der Waals surface area contributed by atoms with Crippen LogP contribution in [0.15, 0.2) is 12.1 Å². The zero-order valence-electron chi connectivity index (χ0n) is 16.3. The lowest BCUT2D eigenvalue weighted by molar-refractivity contribution is 0.0147. The topological polar surface area (TPSA) is 46.6 Å². The molecule has 1 unspecified atom stereocenters. The summed E-state index contributed by atoms with van der Waals surface area (Å²) in [6.07, 6.45) is 1.76. The maximum Gasteiger partial charge on any atom is 0.410 e. The SMILES string of the molecule is CCC(C1CC1)[C@@H](C(=O)c1c(F)cc(Cl)cc1F)N(C)C(=O)OC(C)(C)C. The molecular weight excluding hydrogens is 376 g/mol. The lowest BCUT2D eigenvalue weighted by Gasteiger charge is -2.34. The van der Waals surface area contributed by atoms with Gasteiger partial charge in [0.25, 0.3) is 0 Å². The number of ketones is 1. The minimum Gasteiger partial charge on any atom is -0.444 e. The third-order valence-corrected chi connectivity index (χ3v) is 4.94. The average molecular weight is 402 g/mol. The van der Waals surface area contributed by atoms with Crippen molar-refractivity contribution < 1.29 is 23.1 Å². The highest BCUT2D eigenvalue weighted by molar-refractivity contribution is 6.30. The minimum atomic E-state index is -1.03. The van der Waals surface area contributed by atoms with Gasteiger partial charge in [-0.05, 0) is 57.6 Å². The van der Waals surface area contributed by atoms with E-state index in [2.05, 4.69) is 0 Å². The first kappa shape index (κ1) is 21.6. The molecule has 0 aliphatic heterocycles. The summed E-state index contributed by atoms with van der Waals surface area (Å²) < 4.78 is 34.1. The number of amides is 1. The number of halogens is 3. The van der Waals surface area contributed by atoms with E-state index in [0.29, 0.717) is 6.42 Å². The van der Waals surface area contributed by atoms with Gasteiger partial charge < -0.3 is 9.64 Å². The normalized spacial score (nSPS) is 16.6. The van der Waals surface area contributed by atoms with Gasteiger partial charge in [0.2, 0.25) is 0 Å². The first-order valence-electron chi connectivity index (χ1n) is 9.10. The number of hydrogen-bond acceptors (Lipinski definition) is 3. The van der Waals surface area contributed by atoms with Gasteiger partial charge in [-0.15, -0.1) is 0 Å². The van der Waals surface area contributed by atoms with Crippen LogP contribution in [-0.2, 0) is 4.74 Å². The molecule has 1 saturated carbocycles. The predicted octanol–water partition coefficient (Wildman–Crippen LogP) is 5.47. The zero-order valence-corrected chi connectivity index (χ0v) is 17.1. The third kappa shape index (κ3) is 5.18. The second-order valence-electron chi connectivity index (χ2n) is 8.05. The largest absolute Gasteiger partial charge is 0.444 e. The Kier molecular flexibility index (Phi) is 6.51. The molecule has 0 heterocycles. The lowest BCUT2D eigenvalue weighted by atomic mass is 9.85. The number of carbonyl (C=O) groups excluding carboxylic acids is 2. The number of hydrogen-bond donors (Lipinski definition) is 0. The van der Waals surface area contributed by atoms with Gasteiger partial charge in [0, 0.05) is 12.1 Å². The van der Waals surface area contributed by atoms with Gasteiger partial charge in [-0.1, -0.05) is 24.9 Å². The van der Waals surface area contributed by atoms with Crippen molar-refractivity contribution in [2.45, 2.75) is 58.6 Å². The Hall–Kier alpha value is -1.69. The van der Waals surface area contributed by atoms with Gasteiger partial charge in [-0.2, -0.15) is 0 Å². The Labute approximate surface area is 163 Å². The Morgan fingerprint density at radius 3 is 2.19 bits per heavy atom. The van der Waals surface area contributed by atoms with Crippen molar-refractivity contribution in [1.29, 1.82) is 0 Å². The molecule has 2 rings (SSSR count). The fourth-order valence-electron chi connectivity index (χ4n) is 3.37. The molecule has 1 aliphatic rings. The molecule has 0 N–H and O–H groups in total. The van der Waals surface area contributed by atoms with Crippen molar-refractivity contribution in [2.75, 3.05) is 7.05 Å². The molecule has 7 heteroatoms. The molecule has 1 fully saturated rings. The molecule has 0 aromatic heterocycles. The van der Waals surface area contributed by atoms with Gasteiger partial charge in [0.15, 0.2) is 5.78 Å². The van der Waals surface area contributed by atoms with Crippen molar-refractivity contribution in [3.8, 4) is 0 Å². The monoisotopic (exact) mass is 401 g/mol. The number of carbonyl (C=O) groups is 2. The molecule has 0 bridgehead atoms. The standard InChI is InChI=1S/C20H26ClF2NO3/c1-6-13(11-7-8-11)17(24(5)19(26)27-20(2,3)4)18(25)16-14(22)9-12(21)10-15(16)23/h9-11,13,17H,6-8H2,1-5H3/t13?,17-/m0/s1. The smallest absolute Gasteiger partial charge is 0.410 e. The summed E-state index contributed by atoms with van der Waals surface area (Å²) in [6.45, 7) is 7.05.